The third kappa shape index (κ3) is 11.3. The van der Waals surface area contributed by atoms with E-state index in [4.69, 9.17) is 0 Å². The van der Waals surface area contributed by atoms with E-state index in [0.717, 1.165) is 19.3 Å². The number of unbranched alkanes of at least 4 members (excludes halogenated alkanes) is 9. The number of hydrogen-bond acceptors (Lipinski definition) is 2. The number of carbonyl (C=O) groups is 1. The summed E-state index contributed by atoms with van der Waals surface area (Å²) in [7, 11) is 0. The minimum absolute atomic E-state index is 0.534. The minimum Gasteiger partial charge on any atom is -0.300 e. The second-order valence-corrected chi connectivity index (χ2v) is 7.96. The molecule has 0 bridgehead atoms. The summed E-state index contributed by atoms with van der Waals surface area (Å²) >= 11 is 2.05. The summed E-state index contributed by atoms with van der Waals surface area (Å²) in [6, 6.07) is 0. The third-order valence-corrected chi connectivity index (χ3v) is 5.72. The van der Waals surface area contributed by atoms with Gasteiger partial charge in [0.25, 0.3) is 0 Å². The Labute approximate surface area is 137 Å². The summed E-state index contributed by atoms with van der Waals surface area (Å²) in [5.74, 6) is 3.79. The highest BCUT2D eigenvalue weighted by molar-refractivity contribution is 7.99. The molecular weight excluding hydrogens is 276 g/mol. The van der Waals surface area contributed by atoms with Crippen LogP contribution < -0.4 is 0 Å². The van der Waals surface area contributed by atoms with Gasteiger partial charge in [-0.25, -0.2) is 0 Å². The molecule has 1 nitrogen and oxygen atoms in total. The fourth-order valence-corrected chi connectivity index (χ4v) is 4.39. The predicted octanol–water partition coefficient (Wildman–Crippen LogP) is 6.40. The highest BCUT2D eigenvalue weighted by Crippen LogP contribution is 2.26. The van der Waals surface area contributed by atoms with E-state index in [9.17, 15) is 4.79 Å². The molecule has 0 saturated carbocycles. The predicted molar refractivity (Wildman–Crippen MR) is 96.1 cm³/mol. The number of thioether (sulfide) groups is 1. The molecule has 0 radical (unpaired) electrons. The van der Waals surface area contributed by atoms with Crippen molar-refractivity contribution in [2.24, 2.45) is 5.92 Å². The monoisotopic (exact) mass is 312 g/mol. The lowest BCUT2D eigenvalue weighted by Crippen LogP contribution is -2.14. The van der Waals surface area contributed by atoms with Gasteiger partial charge in [0, 0.05) is 12.8 Å². The maximum atomic E-state index is 11.9. The lowest BCUT2D eigenvalue weighted by molar-refractivity contribution is -0.120. The zero-order valence-electron chi connectivity index (χ0n) is 14.2. The van der Waals surface area contributed by atoms with Crippen LogP contribution in [0.5, 0.6) is 0 Å². The van der Waals surface area contributed by atoms with Crippen LogP contribution in [0.4, 0.5) is 0 Å². The van der Waals surface area contributed by atoms with E-state index in [1.54, 1.807) is 0 Å². The molecule has 1 saturated heterocycles. The molecule has 0 aliphatic carbocycles. The van der Waals surface area contributed by atoms with Gasteiger partial charge >= 0.3 is 0 Å². The molecule has 0 aromatic rings. The molecule has 1 fully saturated rings. The first-order chi connectivity index (χ1) is 10.3. The van der Waals surface area contributed by atoms with Gasteiger partial charge in [-0.1, -0.05) is 64.7 Å². The van der Waals surface area contributed by atoms with E-state index < -0.39 is 0 Å². The molecule has 1 aliphatic heterocycles. The first-order valence-corrected chi connectivity index (χ1v) is 10.6. The molecule has 124 valence electrons. The maximum Gasteiger partial charge on any atom is 0.133 e. The highest BCUT2D eigenvalue weighted by Gasteiger charge is 2.16. The van der Waals surface area contributed by atoms with Crippen molar-refractivity contribution in [2.75, 3.05) is 11.5 Å². The van der Waals surface area contributed by atoms with Crippen molar-refractivity contribution in [3.63, 3.8) is 0 Å². The fraction of sp³-hybridized carbons (Fsp3) is 0.947. The molecule has 2 heteroatoms. The van der Waals surface area contributed by atoms with Crippen molar-refractivity contribution >= 4 is 17.5 Å². The van der Waals surface area contributed by atoms with Gasteiger partial charge in [-0.3, -0.25) is 4.79 Å². The van der Waals surface area contributed by atoms with E-state index in [2.05, 4.69) is 6.92 Å². The minimum atomic E-state index is 0.534. The molecule has 1 heterocycles. The van der Waals surface area contributed by atoms with Gasteiger partial charge in [0.15, 0.2) is 0 Å². The Morgan fingerprint density at radius 2 is 1.38 bits per heavy atom. The van der Waals surface area contributed by atoms with Crippen molar-refractivity contribution in [3.8, 4) is 0 Å². The lowest BCUT2D eigenvalue weighted by Gasteiger charge is -2.20. The molecule has 0 N–H and O–H groups in total. The summed E-state index contributed by atoms with van der Waals surface area (Å²) in [4.78, 5) is 11.9. The molecule has 0 unspecified atom stereocenters. The summed E-state index contributed by atoms with van der Waals surface area (Å²) in [5.41, 5.74) is 0. The first kappa shape index (κ1) is 19.1. The SMILES string of the molecule is CCCCCCCCCCCCC(=O)CC1CCSCC1. The van der Waals surface area contributed by atoms with Crippen LogP contribution in [0.1, 0.15) is 96.8 Å². The number of carbonyl (C=O) groups excluding carboxylic acids is 1. The summed E-state index contributed by atoms with van der Waals surface area (Å²) in [6.07, 6.45) is 17.8. The van der Waals surface area contributed by atoms with Gasteiger partial charge in [-0.05, 0) is 36.7 Å². The van der Waals surface area contributed by atoms with Crippen molar-refractivity contribution in [2.45, 2.75) is 96.8 Å². The molecule has 0 spiro atoms. The van der Waals surface area contributed by atoms with Crippen molar-refractivity contribution in [3.05, 3.63) is 0 Å². The Morgan fingerprint density at radius 3 is 1.95 bits per heavy atom. The summed E-state index contributed by atoms with van der Waals surface area (Å²) in [6.45, 7) is 2.27. The Morgan fingerprint density at radius 1 is 0.857 bits per heavy atom. The van der Waals surface area contributed by atoms with Gasteiger partial charge in [-0.15, -0.1) is 0 Å². The zero-order valence-corrected chi connectivity index (χ0v) is 15.0. The van der Waals surface area contributed by atoms with E-state index in [0.29, 0.717) is 11.7 Å². The largest absolute Gasteiger partial charge is 0.300 e. The molecular formula is C19H36OS. The Hall–Kier alpha value is 0.0200. The molecule has 0 aromatic carbocycles. The van der Waals surface area contributed by atoms with Crippen LogP contribution in [0.2, 0.25) is 0 Å². The maximum absolute atomic E-state index is 11.9. The van der Waals surface area contributed by atoms with Gasteiger partial charge in [0.1, 0.15) is 5.78 Å². The van der Waals surface area contributed by atoms with E-state index in [1.807, 2.05) is 11.8 Å². The smallest absolute Gasteiger partial charge is 0.133 e. The molecule has 1 aliphatic rings. The Balaban J connectivity index is 1.81. The van der Waals surface area contributed by atoms with E-state index in [1.165, 1.54) is 82.1 Å². The summed E-state index contributed by atoms with van der Waals surface area (Å²) in [5, 5.41) is 0. The molecule has 21 heavy (non-hydrogen) atoms. The molecule has 1 rings (SSSR count). The van der Waals surface area contributed by atoms with E-state index in [-0.39, 0.29) is 0 Å². The van der Waals surface area contributed by atoms with Crippen LogP contribution in [-0.4, -0.2) is 17.3 Å². The second-order valence-electron chi connectivity index (χ2n) is 6.73. The first-order valence-electron chi connectivity index (χ1n) is 9.42. The van der Waals surface area contributed by atoms with Crippen molar-refractivity contribution in [1.82, 2.24) is 0 Å². The van der Waals surface area contributed by atoms with Crippen LogP contribution in [-0.2, 0) is 4.79 Å². The molecule has 0 aromatic heterocycles. The standard InChI is InChI=1S/C19H36OS/c1-2-3-4-5-6-7-8-9-10-11-12-19(20)17-18-13-15-21-16-14-18/h18H,2-17H2,1H3. The van der Waals surface area contributed by atoms with Gasteiger partial charge in [0.05, 0.1) is 0 Å². The van der Waals surface area contributed by atoms with Crippen LogP contribution in [0.25, 0.3) is 0 Å². The summed E-state index contributed by atoms with van der Waals surface area (Å²) < 4.78 is 0. The quantitative estimate of drug-likeness (QED) is 0.366. The Bertz CT molecular complexity index is 246. The second kappa shape index (κ2) is 13.7. The number of hydrogen-bond donors (Lipinski definition) is 0. The molecule has 0 atom stereocenters. The number of rotatable bonds is 13. The molecule has 0 amide bonds. The topological polar surface area (TPSA) is 17.1 Å². The van der Waals surface area contributed by atoms with Gasteiger partial charge in [0.2, 0.25) is 0 Å². The lowest BCUT2D eigenvalue weighted by atomic mass is 9.94. The Kier molecular flexibility index (Phi) is 12.4. The van der Waals surface area contributed by atoms with Crippen molar-refractivity contribution < 1.29 is 4.79 Å². The number of ketones is 1. The fourth-order valence-electron chi connectivity index (χ4n) is 3.18. The average Bonchev–Trinajstić information content (AvgIpc) is 2.50. The van der Waals surface area contributed by atoms with Crippen LogP contribution in [0.3, 0.4) is 0 Å². The highest BCUT2D eigenvalue weighted by atomic mass is 32.2. The van der Waals surface area contributed by atoms with Crippen molar-refractivity contribution in [1.29, 1.82) is 0 Å². The van der Waals surface area contributed by atoms with Gasteiger partial charge in [-0.2, -0.15) is 11.8 Å². The van der Waals surface area contributed by atoms with Gasteiger partial charge < -0.3 is 0 Å². The van der Waals surface area contributed by atoms with Crippen LogP contribution in [0, 0.1) is 5.92 Å². The zero-order chi connectivity index (χ0) is 15.2. The normalized spacial score (nSPS) is 16.2. The van der Waals surface area contributed by atoms with E-state index >= 15 is 0 Å². The van der Waals surface area contributed by atoms with Crippen LogP contribution >= 0.6 is 11.8 Å². The number of Topliss-reactive ketones (excluding diaryl/α,β-unsaturated/α-hetero) is 1. The van der Waals surface area contributed by atoms with Crippen LogP contribution in [0.15, 0.2) is 0 Å². The average molecular weight is 313 g/mol. The third-order valence-electron chi connectivity index (χ3n) is 4.67.